The molecule has 0 N–H and O–H groups in total. The van der Waals surface area contributed by atoms with Crippen molar-refractivity contribution in [2.45, 2.75) is 17.6 Å². The van der Waals surface area contributed by atoms with Crippen LogP contribution in [-0.4, -0.2) is 13.0 Å². The summed E-state index contributed by atoms with van der Waals surface area (Å²) in [4.78, 5) is 11.6. The molecule has 0 saturated carbocycles. The first-order valence-electron chi connectivity index (χ1n) is 6.96. The van der Waals surface area contributed by atoms with Crippen molar-refractivity contribution in [3.8, 4) is 0 Å². The van der Waals surface area contributed by atoms with Gasteiger partial charge < -0.3 is 4.42 Å². The van der Waals surface area contributed by atoms with Crippen LogP contribution >= 0.6 is 11.6 Å². The van der Waals surface area contributed by atoms with E-state index in [9.17, 15) is 17.6 Å². The second kappa shape index (κ2) is 5.75. The maximum Gasteiger partial charge on any atom is 0.419 e. The summed E-state index contributed by atoms with van der Waals surface area (Å²) in [6.07, 6.45) is 0. The van der Waals surface area contributed by atoms with Crippen LogP contribution in [0, 0.1) is 12.7 Å². The van der Waals surface area contributed by atoms with Crippen molar-refractivity contribution in [3.05, 3.63) is 62.8 Å². The van der Waals surface area contributed by atoms with E-state index in [0.29, 0.717) is 16.7 Å². The molecule has 0 atom stereocenters. The zero-order chi connectivity index (χ0) is 17.6. The number of aryl methyl sites for hydroxylation is 2. The predicted molar refractivity (Wildman–Crippen MR) is 88.5 cm³/mol. The van der Waals surface area contributed by atoms with Gasteiger partial charge in [0.25, 0.3) is 0 Å². The monoisotopic (exact) mass is 369 g/mol. The van der Waals surface area contributed by atoms with E-state index in [-0.39, 0.29) is 21.2 Å². The molecule has 0 aliphatic carbocycles. The fraction of sp³-hybridized carbons (Fsp3) is 0.188. The Bertz CT molecular complexity index is 1120. The molecule has 0 spiro atoms. The second-order valence-corrected chi connectivity index (χ2v) is 7.89. The first-order chi connectivity index (χ1) is 11.2. The number of oxazole rings is 1. The van der Waals surface area contributed by atoms with Crippen LogP contribution in [-0.2, 0) is 22.6 Å². The van der Waals surface area contributed by atoms with Gasteiger partial charge in [0.2, 0.25) is 0 Å². The minimum atomic E-state index is -3.74. The van der Waals surface area contributed by atoms with Crippen LogP contribution in [0.15, 0.2) is 44.4 Å². The van der Waals surface area contributed by atoms with Gasteiger partial charge in [-0.05, 0) is 42.3 Å². The Morgan fingerprint density at radius 1 is 1.25 bits per heavy atom. The van der Waals surface area contributed by atoms with Crippen LogP contribution in [0.2, 0.25) is 5.02 Å². The summed E-state index contributed by atoms with van der Waals surface area (Å²) in [7, 11) is -2.24. The summed E-state index contributed by atoms with van der Waals surface area (Å²) in [5.74, 6) is -1.62. The van der Waals surface area contributed by atoms with Gasteiger partial charge in [-0.1, -0.05) is 17.7 Å². The summed E-state index contributed by atoms with van der Waals surface area (Å²) >= 11 is 5.61. The van der Waals surface area contributed by atoms with Gasteiger partial charge in [-0.2, -0.15) is 0 Å². The van der Waals surface area contributed by atoms with Crippen LogP contribution in [0.4, 0.5) is 4.39 Å². The fourth-order valence-electron chi connectivity index (χ4n) is 2.52. The smallest absolute Gasteiger partial charge is 0.408 e. The van der Waals surface area contributed by atoms with Gasteiger partial charge >= 0.3 is 5.76 Å². The molecule has 0 amide bonds. The van der Waals surface area contributed by atoms with Crippen molar-refractivity contribution in [3.63, 3.8) is 0 Å². The number of nitrogens with zero attached hydrogens (tertiary/aromatic N) is 1. The lowest BCUT2D eigenvalue weighted by molar-refractivity contribution is 0.528. The van der Waals surface area contributed by atoms with Crippen molar-refractivity contribution in [1.29, 1.82) is 0 Å². The van der Waals surface area contributed by atoms with Gasteiger partial charge in [0, 0.05) is 7.05 Å². The van der Waals surface area contributed by atoms with Crippen LogP contribution < -0.4 is 5.76 Å². The van der Waals surface area contributed by atoms with Gasteiger partial charge in [-0.25, -0.2) is 17.6 Å². The zero-order valence-electron chi connectivity index (χ0n) is 12.8. The minimum absolute atomic E-state index is 0.0675. The van der Waals surface area contributed by atoms with Crippen molar-refractivity contribution in [2.75, 3.05) is 0 Å². The Balaban J connectivity index is 2.10. The Morgan fingerprint density at radius 3 is 2.62 bits per heavy atom. The molecule has 0 radical (unpaired) electrons. The van der Waals surface area contributed by atoms with E-state index in [1.165, 1.54) is 35.9 Å². The molecule has 0 bridgehead atoms. The maximum atomic E-state index is 13.5. The van der Waals surface area contributed by atoms with E-state index in [1.807, 2.05) is 0 Å². The molecule has 3 rings (SSSR count). The predicted octanol–water partition coefficient (Wildman–Crippen LogP) is 3.21. The van der Waals surface area contributed by atoms with Crippen molar-refractivity contribution < 1.29 is 17.2 Å². The number of aromatic nitrogens is 1. The number of rotatable bonds is 3. The highest BCUT2D eigenvalue weighted by Crippen LogP contribution is 2.26. The molecule has 24 heavy (non-hydrogen) atoms. The largest absolute Gasteiger partial charge is 0.419 e. The van der Waals surface area contributed by atoms with E-state index in [1.54, 1.807) is 6.92 Å². The molecular formula is C16H13ClFNO4S. The van der Waals surface area contributed by atoms with Crippen LogP contribution in [0.3, 0.4) is 0 Å². The number of hydrogen-bond donors (Lipinski definition) is 0. The molecule has 8 heteroatoms. The summed E-state index contributed by atoms with van der Waals surface area (Å²) in [6.45, 7) is 1.61. The molecule has 5 nitrogen and oxygen atoms in total. The number of benzene rings is 2. The van der Waals surface area contributed by atoms with Crippen LogP contribution in [0.5, 0.6) is 0 Å². The van der Waals surface area contributed by atoms with E-state index in [2.05, 4.69) is 0 Å². The van der Waals surface area contributed by atoms with Gasteiger partial charge in [-0.15, -0.1) is 0 Å². The fourth-order valence-corrected chi connectivity index (χ4v) is 4.25. The Labute approximate surface area is 142 Å². The average Bonchev–Trinajstić information content (AvgIpc) is 2.76. The summed E-state index contributed by atoms with van der Waals surface area (Å²) in [5.41, 5.74) is 1.44. The van der Waals surface area contributed by atoms with Crippen molar-refractivity contribution in [2.24, 2.45) is 7.05 Å². The number of sulfone groups is 1. The summed E-state index contributed by atoms with van der Waals surface area (Å²) in [6, 6.07) is 6.78. The first kappa shape index (κ1) is 16.7. The molecule has 3 aromatic rings. The topological polar surface area (TPSA) is 69.3 Å². The van der Waals surface area contributed by atoms with Gasteiger partial charge in [0.1, 0.15) is 5.82 Å². The number of fused-ring (bicyclic) bond motifs is 1. The summed E-state index contributed by atoms with van der Waals surface area (Å²) < 4.78 is 45.2. The molecule has 0 fully saturated rings. The van der Waals surface area contributed by atoms with Crippen LogP contribution in [0.1, 0.15) is 11.1 Å². The van der Waals surface area contributed by atoms with Crippen LogP contribution in [0.25, 0.3) is 11.1 Å². The van der Waals surface area contributed by atoms with Crippen molar-refractivity contribution >= 4 is 32.5 Å². The molecule has 0 unspecified atom stereocenters. The molecule has 1 aromatic heterocycles. The number of hydrogen-bond acceptors (Lipinski definition) is 4. The third-order valence-electron chi connectivity index (χ3n) is 3.76. The van der Waals surface area contributed by atoms with E-state index in [4.69, 9.17) is 16.0 Å². The quantitative estimate of drug-likeness (QED) is 0.710. The van der Waals surface area contributed by atoms with Gasteiger partial charge in [0.15, 0.2) is 15.4 Å². The third-order valence-corrected chi connectivity index (χ3v) is 5.89. The molecule has 2 aromatic carbocycles. The lowest BCUT2D eigenvalue weighted by Gasteiger charge is -2.09. The Morgan fingerprint density at radius 2 is 1.96 bits per heavy atom. The highest BCUT2D eigenvalue weighted by molar-refractivity contribution is 7.90. The Hall–Kier alpha value is -2.12. The second-order valence-electron chi connectivity index (χ2n) is 5.52. The lowest BCUT2D eigenvalue weighted by Crippen LogP contribution is -2.10. The normalized spacial score (nSPS) is 12.0. The van der Waals surface area contributed by atoms with E-state index in [0.717, 1.165) is 6.07 Å². The summed E-state index contributed by atoms with van der Waals surface area (Å²) in [5, 5.41) is -0.0675. The van der Waals surface area contributed by atoms with Gasteiger partial charge in [-0.3, -0.25) is 4.57 Å². The molecule has 126 valence electrons. The number of halogens is 2. The SMILES string of the molecule is Cc1cc2oc(=O)n(C)c2cc1S(=O)(=O)Cc1ccc(Cl)c(F)c1. The molecule has 1 heterocycles. The highest BCUT2D eigenvalue weighted by atomic mass is 35.5. The lowest BCUT2D eigenvalue weighted by atomic mass is 10.2. The van der Waals surface area contributed by atoms with Crippen molar-refractivity contribution in [1.82, 2.24) is 4.57 Å². The molecule has 0 saturated heterocycles. The van der Waals surface area contributed by atoms with E-state index < -0.39 is 21.4 Å². The highest BCUT2D eigenvalue weighted by Gasteiger charge is 2.21. The van der Waals surface area contributed by atoms with E-state index >= 15 is 0 Å². The van der Waals surface area contributed by atoms with Gasteiger partial charge in [0.05, 0.1) is 21.2 Å². The minimum Gasteiger partial charge on any atom is -0.408 e. The molecule has 0 aliphatic heterocycles. The third kappa shape index (κ3) is 2.85. The maximum absolute atomic E-state index is 13.5. The molecular weight excluding hydrogens is 357 g/mol. The standard InChI is InChI=1S/C16H13ClFNO4S/c1-9-5-14-13(19(2)16(20)23-14)7-15(9)24(21,22)8-10-3-4-11(17)12(18)6-10/h3-7H,8H2,1-2H3. The molecule has 0 aliphatic rings. The Kier molecular flexibility index (Phi) is 4.01. The zero-order valence-corrected chi connectivity index (χ0v) is 14.4. The average molecular weight is 370 g/mol. The first-order valence-corrected chi connectivity index (χ1v) is 8.99.